The summed E-state index contributed by atoms with van der Waals surface area (Å²) < 4.78 is 36.8. The smallest absolute Gasteiger partial charge is 0.272 e. The van der Waals surface area contributed by atoms with Crippen LogP contribution in [0.5, 0.6) is 0 Å². The van der Waals surface area contributed by atoms with Crippen molar-refractivity contribution in [3.8, 4) is 0 Å². The number of nitrogens with zero attached hydrogens (tertiary/aromatic N) is 1. The fourth-order valence-electron chi connectivity index (χ4n) is 0.787. The molecule has 1 atom stereocenters. The topological polar surface area (TPSA) is 33.1 Å². The van der Waals surface area contributed by atoms with Gasteiger partial charge in [0.05, 0.1) is 11.9 Å². The Labute approximate surface area is 73.0 Å². The number of halogens is 3. The normalized spacial score (nSPS) is 15.8. The summed E-state index contributed by atoms with van der Waals surface area (Å²) >= 11 is 0. The molecular weight excluding hydrogens is 183 g/mol. The highest BCUT2D eigenvalue weighted by Gasteiger charge is 2.35. The summed E-state index contributed by atoms with van der Waals surface area (Å²) in [5.41, 5.74) is -2.57. The van der Waals surface area contributed by atoms with Crippen LogP contribution in [0, 0.1) is 5.82 Å². The third-order valence-electron chi connectivity index (χ3n) is 1.67. The van der Waals surface area contributed by atoms with Crippen molar-refractivity contribution >= 4 is 0 Å². The Hall–Kier alpha value is -1.10. The van der Waals surface area contributed by atoms with Crippen molar-refractivity contribution in [3.63, 3.8) is 0 Å². The predicted molar refractivity (Wildman–Crippen MR) is 39.8 cm³/mol. The summed E-state index contributed by atoms with van der Waals surface area (Å²) in [7, 11) is 0. The third kappa shape index (κ3) is 1.98. The molecule has 0 fully saturated rings. The molecule has 2 nitrogen and oxygen atoms in total. The molecule has 1 unspecified atom stereocenters. The van der Waals surface area contributed by atoms with Crippen LogP contribution in [-0.2, 0) is 5.60 Å². The highest BCUT2D eigenvalue weighted by molar-refractivity contribution is 5.13. The van der Waals surface area contributed by atoms with Crippen LogP contribution in [0.15, 0.2) is 18.3 Å². The molecule has 0 bridgehead atoms. The molecule has 1 heterocycles. The molecule has 1 aromatic rings. The maximum absolute atomic E-state index is 12.3. The number of pyridine rings is 1. The zero-order chi connectivity index (χ0) is 10.1. The molecule has 13 heavy (non-hydrogen) atoms. The molecule has 0 spiro atoms. The Balaban J connectivity index is 3.01. The SMILES string of the molecule is CC(O)(c1ccc(F)cn1)C(F)F. The van der Waals surface area contributed by atoms with Gasteiger partial charge in [0.2, 0.25) is 0 Å². The van der Waals surface area contributed by atoms with Crippen LogP contribution in [0.25, 0.3) is 0 Å². The number of rotatable bonds is 2. The van der Waals surface area contributed by atoms with E-state index in [1.807, 2.05) is 0 Å². The zero-order valence-electron chi connectivity index (χ0n) is 6.84. The summed E-state index contributed by atoms with van der Waals surface area (Å²) in [6, 6.07) is 2.00. The number of hydrogen-bond donors (Lipinski definition) is 1. The van der Waals surface area contributed by atoms with Crippen LogP contribution in [0.3, 0.4) is 0 Å². The van der Waals surface area contributed by atoms with Crippen molar-refractivity contribution in [1.29, 1.82) is 0 Å². The van der Waals surface area contributed by atoms with Crippen molar-refractivity contribution in [2.24, 2.45) is 0 Å². The summed E-state index contributed by atoms with van der Waals surface area (Å²) in [6.07, 6.45) is -2.17. The molecule has 0 aromatic carbocycles. The molecule has 72 valence electrons. The minimum Gasteiger partial charge on any atom is -0.378 e. The molecule has 0 saturated carbocycles. The number of hydrogen-bond acceptors (Lipinski definition) is 2. The first-order valence-corrected chi connectivity index (χ1v) is 3.57. The lowest BCUT2D eigenvalue weighted by Gasteiger charge is -2.20. The van der Waals surface area contributed by atoms with Crippen LogP contribution in [0.4, 0.5) is 13.2 Å². The maximum Gasteiger partial charge on any atom is 0.272 e. The van der Waals surface area contributed by atoms with Gasteiger partial charge < -0.3 is 5.11 Å². The average molecular weight is 191 g/mol. The molecule has 0 amide bonds. The van der Waals surface area contributed by atoms with Crippen molar-refractivity contribution in [2.45, 2.75) is 19.0 Å². The minimum absolute atomic E-state index is 0.246. The molecule has 5 heteroatoms. The zero-order valence-corrected chi connectivity index (χ0v) is 6.84. The second-order valence-electron chi connectivity index (χ2n) is 2.81. The predicted octanol–water partition coefficient (Wildman–Crippen LogP) is 1.69. The van der Waals surface area contributed by atoms with Crippen LogP contribution in [-0.4, -0.2) is 16.5 Å². The van der Waals surface area contributed by atoms with E-state index in [2.05, 4.69) is 4.98 Å². The van der Waals surface area contributed by atoms with Gasteiger partial charge in [0.25, 0.3) is 6.43 Å². The molecule has 1 aromatic heterocycles. The van der Waals surface area contributed by atoms with Gasteiger partial charge in [0.1, 0.15) is 5.82 Å². The van der Waals surface area contributed by atoms with E-state index < -0.39 is 17.8 Å². The molecule has 0 aliphatic rings. The summed E-state index contributed by atoms with van der Waals surface area (Å²) in [4.78, 5) is 3.37. The monoisotopic (exact) mass is 191 g/mol. The summed E-state index contributed by atoms with van der Waals surface area (Å²) in [5.74, 6) is -0.631. The first-order chi connectivity index (χ1) is 5.94. The third-order valence-corrected chi connectivity index (χ3v) is 1.67. The van der Waals surface area contributed by atoms with Gasteiger partial charge in [-0.15, -0.1) is 0 Å². The van der Waals surface area contributed by atoms with Crippen LogP contribution in [0.2, 0.25) is 0 Å². The van der Waals surface area contributed by atoms with E-state index in [4.69, 9.17) is 0 Å². The molecule has 0 aliphatic heterocycles. The Kier molecular flexibility index (Phi) is 2.56. The molecule has 1 rings (SSSR count). The Morgan fingerprint density at radius 2 is 2.08 bits per heavy atom. The highest BCUT2D eigenvalue weighted by atomic mass is 19.3. The quantitative estimate of drug-likeness (QED) is 0.771. The molecule has 0 saturated heterocycles. The molecular formula is C8H8F3NO. The van der Waals surface area contributed by atoms with Gasteiger partial charge in [-0.3, -0.25) is 4.98 Å². The van der Waals surface area contributed by atoms with E-state index in [-0.39, 0.29) is 5.69 Å². The fourth-order valence-corrected chi connectivity index (χ4v) is 0.787. The van der Waals surface area contributed by atoms with Crippen LogP contribution < -0.4 is 0 Å². The van der Waals surface area contributed by atoms with Crippen LogP contribution in [0.1, 0.15) is 12.6 Å². The van der Waals surface area contributed by atoms with Gasteiger partial charge >= 0.3 is 0 Å². The first-order valence-electron chi connectivity index (χ1n) is 3.57. The molecule has 1 N–H and O–H groups in total. The maximum atomic E-state index is 12.3. The lowest BCUT2D eigenvalue weighted by molar-refractivity contribution is -0.0911. The second kappa shape index (κ2) is 3.33. The fraction of sp³-hybridized carbons (Fsp3) is 0.375. The van der Waals surface area contributed by atoms with Crippen molar-refractivity contribution in [1.82, 2.24) is 4.98 Å². The largest absolute Gasteiger partial charge is 0.378 e. The average Bonchev–Trinajstić information content (AvgIpc) is 2.04. The van der Waals surface area contributed by atoms with E-state index >= 15 is 0 Å². The second-order valence-corrected chi connectivity index (χ2v) is 2.81. The first kappa shape index (κ1) is 9.98. The Bertz CT molecular complexity index is 284. The van der Waals surface area contributed by atoms with Gasteiger partial charge in [-0.2, -0.15) is 0 Å². The number of alkyl halides is 2. The van der Waals surface area contributed by atoms with Gasteiger partial charge in [0.15, 0.2) is 5.60 Å². The lowest BCUT2D eigenvalue weighted by Crippen LogP contribution is -2.31. The van der Waals surface area contributed by atoms with E-state index in [1.165, 1.54) is 0 Å². The van der Waals surface area contributed by atoms with Crippen molar-refractivity contribution in [3.05, 3.63) is 29.8 Å². The lowest BCUT2D eigenvalue weighted by atomic mass is 10.0. The van der Waals surface area contributed by atoms with E-state index in [1.54, 1.807) is 0 Å². The number of aromatic nitrogens is 1. The summed E-state index contributed by atoms with van der Waals surface area (Å²) in [6.45, 7) is 0.928. The van der Waals surface area contributed by atoms with E-state index in [9.17, 15) is 18.3 Å². The van der Waals surface area contributed by atoms with Gasteiger partial charge in [0, 0.05) is 0 Å². The highest BCUT2D eigenvalue weighted by Crippen LogP contribution is 2.25. The number of aliphatic hydroxyl groups is 1. The van der Waals surface area contributed by atoms with E-state index in [0.717, 1.165) is 25.3 Å². The Morgan fingerprint density at radius 1 is 1.46 bits per heavy atom. The molecule has 0 aliphatic carbocycles. The van der Waals surface area contributed by atoms with Gasteiger partial charge in [-0.25, -0.2) is 13.2 Å². The van der Waals surface area contributed by atoms with Crippen molar-refractivity contribution < 1.29 is 18.3 Å². The van der Waals surface area contributed by atoms with Gasteiger partial charge in [-0.1, -0.05) is 0 Å². The molecule has 0 radical (unpaired) electrons. The van der Waals surface area contributed by atoms with Gasteiger partial charge in [-0.05, 0) is 19.1 Å². The van der Waals surface area contributed by atoms with Crippen LogP contribution >= 0.6 is 0 Å². The summed E-state index contributed by atoms with van der Waals surface area (Å²) in [5, 5.41) is 9.22. The standard InChI is InChI=1S/C8H8F3NO/c1-8(13,7(10)11)6-3-2-5(9)4-12-6/h2-4,7,13H,1H3. The van der Waals surface area contributed by atoms with Crippen molar-refractivity contribution in [2.75, 3.05) is 0 Å². The minimum atomic E-state index is -2.95. The Morgan fingerprint density at radius 3 is 2.46 bits per heavy atom. The van der Waals surface area contributed by atoms with E-state index in [0.29, 0.717) is 0 Å².